The quantitative estimate of drug-likeness (QED) is 0.832. The molecule has 0 aliphatic carbocycles. The Labute approximate surface area is 127 Å². The predicted molar refractivity (Wildman–Crippen MR) is 72.7 cm³/mol. The Morgan fingerprint density at radius 2 is 2.00 bits per heavy atom. The van der Waals surface area contributed by atoms with Crippen molar-refractivity contribution in [2.45, 2.75) is 18.0 Å². The molecule has 0 unspecified atom stereocenters. The SMILES string of the molecule is O=S(=O)(NCc1ccc(F)cc1F)c1cc(CO)oc1Br. The molecule has 9 heteroatoms. The van der Waals surface area contributed by atoms with Gasteiger partial charge >= 0.3 is 0 Å². The predicted octanol–water partition coefficient (Wildman–Crippen LogP) is 2.29. The summed E-state index contributed by atoms with van der Waals surface area (Å²) in [7, 11) is -3.97. The van der Waals surface area contributed by atoms with Gasteiger partial charge in [0.15, 0.2) is 4.67 Å². The Morgan fingerprint density at radius 3 is 2.57 bits per heavy atom. The largest absolute Gasteiger partial charge is 0.450 e. The zero-order chi connectivity index (χ0) is 15.6. The number of furan rings is 1. The lowest BCUT2D eigenvalue weighted by Gasteiger charge is -2.06. The van der Waals surface area contributed by atoms with E-state index in [1.807, 2.05) is 0 Å². The molecule has 0 radical (unpaired) electrons. The van der Waals surface area contributed by atoms with Crippen molar-refractivity contribution in [2.75, 3.05) is 0 Å². The van der Waals surface area contributed by atoms with Crippen LogP contribution in [0.3, 0.4) is 0 Å². The van der Waals surface area contributed by atoms with Gasteiger partial charge in [0, 0.05) is 24.2 Å². The molecule has 1 heterocycles. The molecule has 114 valence electrons. The highest BCUT2D eigenvalue weighted by Gasteiger charge is 2.22. The molecule has 0 fully saturated rings. The minimum atomic E-state index is -3.97. The van der Waals surface area contributed by atoms with Crippen LogP contribution < -0.4 is 4.72 Å². The van der Waals surface area contributed by atoms with E-state index < -0.39 is 28.3 Å². The summed E-state index contributed by atoms with van der Waals surface area (Å²) in [4.78, 5) is -0.214. The van der Waals surface area contributed by atoms with Gasteiger partial charge in [-0.3, -0.25) is 0 Å². The highest BCUT2D eigenvalue weighted by atomic mass is 79.9. The molecule has 2 aromatic rings. The fraction of sp³-hybridized carbons (Fsp3) is 0.167. The van der Waals surface area contributed by atoms with Gasteiger partial charge in [0.1, 0.15) is 28.9 Å². The summed E-state index contributed by atoms with van der Waals surface area (Å²) in [5.74, 6) is -1.53. The summed E-state index contributed by atoms with van der Waals surface area (Å²) in [5, 5.41) is 8.90. The number of rotatable bonds is 5. The van der Waals surface area contributed by atoms with Crippen LogP contribution in [0, 0.1) is 11.6 Å². The molecule has 1 aromatic heterocycles. The van der Waals surface area contributed by atoms with E-state index in [1.165, 1.54) is 0 Å². The van der Waals surface area contributed by atoms with Crippen LogP contribution in [0.15, 0.2) is 38.2 Å². The van der Waals surface area contributed by atoms with E-state index in [9.17, 15) is 17.2 Å². The van der Waals surface area contributed by atoms with Gasteiger partial charge in [-0.05, 0) is 22.0 Å². The molecule has 0 atom stereocenters. The lowest BCUT2D eigenvalue weighted by Crippen LogP contribution is -2.23. The van der Waals surface area contributed by atoms with Crippen molar-refractivity contribution in [3.05, 3.63) is 51.9 Å². The maximum absolute atomic E-state index is 13.4. The van der Waals surface area contributed by atoms with Gasteiger partial charge in [0.05, 0.1) is 0 Å². The second-order valence-electron chi connectivity index (χ2n) is 4.07. The summed E-state index contributed by atoms with van der Waals surface area (Å²) >= 11 is 2.92. The third-order valence-corrected chi connectivity index (χ3v) is 4.88. The zero-order valence-corrected chi connectivity index (χ0v) is 12.8. The molecule has 2 N–H and O–H groups in total. The maximum atomic E-state index is 13.4. The Hall–Kier alpha value is -1.29. The lowest BCUT2D eigenvalue weighted by molar-refractivity contribution is 0.245. The van der Waals surface area contributed by atoms with Crippen LogP contribution in [0.1, 0.15) is 11.3 Å². The van der Waals surface area contributed by atoms with Gasteiger partial charge in [-0.25, -0.2) is 21.9 Å². The van der Waals surface area contributed by atoms with E-state index >= 15 is 0 Å². The molecule has 5 nitrogen and oxygen atoms in total. The molecule has 0 bridgehead atoms. The molecule has 21 heavy (non-hydrogen) atoms. The first-order valence-corrected chi connectivity index (χ1v) is 7.94. The summed E-state index contributed by atoms with van der Waals surface area (Å²) in [6, 6.07) is 4.00. The summed E-state index contributed by atoms with van der Waals surface area (Å²) in [6.45, 7) is -0.804. The first-order valence-electron chi connectivity index (χ1n) is 5.66. The molecular weight excluding hydrogens is 372 g/mol. The summed E-state index contributed by atoms with van der Waals surface area (Å²) in [6.07, 6.45) is 0. The molecule has 0 saturated heterocycles. The molecule has 0 saturated carbocycles. The fourth-order valence-corrected chi connectivity index (χ4v) is 3.58. The van der Waals surface area contributed by atoms with Crippen LogP contribution in [-0.2, 0) is 23.2 Å². The molecule has 0 aliphatic rings. The Balaban J connectivity index is 2.19. The van der Waals surface area contributed by atoms with Gasteiger partial charge in [0.25, 0.3) is 0 Å². The van der Waals surface area contributed by atoms with Crippen LogP contribution in [0.4, 0.5) is 8.78 Å². The number of hydrogen-bond acceptors (Lipinski definition) is 4. The molecule has 2 rings (SSSR count). The van der Waals surface area contributed by atoms with Crippen molar-refractivity contribution in [3.8, 4) is 0 Å². The van der Waals surface area contributed by atoms with Crippen LogP contribution in [0.2, 0.25) is 0 Å². The minimum absolute atomic E-state index is 0.00183. The van der Waals surface area contributed by atoms with Gasteiger partial charge in [0.2, 0.25) is 10.0 Å². The zero-order valence-electron chi connectivity index (χ0n) is 10.4. The minimum Gasteiger partial charge on any atom is -0.450 e. The number of halogens is 3. The van der Waals surface area contributed by atoms with E-state index in [-0.39, 0.29) is 27.4 Å². The van der Waals surface area contributed by atoms with E-state index in [0.29, 0.717) is 6.07 Å². The molecule has 0 spiro atoms. The van der Waals surface area contributed by atoms with Crippen LogP contribution >= 0.6 is 15.9 Å². The van der Waals surface area contributed by atoms with Crippen molar-refractivity contribution >= 4 is 26.0 Å². The van der Waals surface area contributed by atoms with Crippen LogP contribution in [-0.4, -0.2) is 13.5 Å². The maximum Gasteiger partial charge on any atom is 0.245 e. The Morgan fingerprint density at radius 1 is 1.29 bits per heavy atom. The Bertz CT molecular complexity index is 761. The fourth-order valence-electron chi connectivity index (χ4n) is 1.57. The van der Waals surface area contributed by atoms with Crippen molar-refractivity contribution < 1.29 is 26.7 Å². The standard InChI is InChI=1S/C12H10BrF2NO4S/c13-12-11(4-9(6-17)20-12)21(18,19)16-5-7-1-2-8(14)3-10(7)15/h1-4,16-17H,5-6H2. The Kier molecular flexibility index (Phi) is 4.77. The van der Waals surface area contributed by atoms with E-state index in [1.54, 1.807) is 0 Å². The molecular formula is C12H10BrF2NO4S. The third kappa shape index (κ3) is 3.67. The van der Waals surface area contributed by atoms with Gasteiger partial charge in [-0.2, -0.15) is 0 Å². The van der Waals surface area contributed by atoms with E-state index in [0.717, 1.165) is 18.2 Å². The van der Waals surface area contributed by atoms with Gasteiger partial charge in [-0.1, -0.05) is 6.07 Å². The molecule has 1 aromatic carbocycles. The normalized spacial score (nSPS) is 11.8. The lowest BCUT2D eigenvalue weighted by atomic mass is 10.2. The highest BCUT2D eigenvalue weighted by Crippen LogP contribution is 2.26. The van der Waals surface area contributed by atoms with E-state index in [2.05, 4.69) is 20.7 Å². The third-order valence-electron chi connectivity index (χ3n) is 2.62. The molecule has 0 aliphatic heterocycles. The number of nitrogens with one attached hydrogen (secondary N) is 1. The second kappa shape index (κ2) is 6.22. The first-order chi connectivity index (χ1) is 9.83. The van der Waals surface area contributed by atoms with Gasteiger partial charge in [-0.15, -0.1) is 0 Å². The monoisotopic (exact) mass is 381 g/mol. The highest BCUT2D eigenvalue weighted by molar-refractivity contribution is 9.10. The number of sulfonamides is 1. The van der Waals surface area contributed by atoms with Crippen molar-refractivity contribution in [2.24, 2.45) is 0 Å². The topological polar surface area (TPSA) is 79.5 Å². The van der Waals surface area contributed by atoms with Crippen molar-refractivity contribution in [1.82, 2.24) is 4.72 Å². The number of aliphatic hydroxyl groups is 1. The average Bonchev–Trinajstić information content (AvgIpc) is 2.80. The summed E-state index contributed by atoms with van der Waals surface area (Å²) in [5.41, 5.74) is 0.00183. The smallest absolute Gasteiger partial charge is 0.245 e. The van der Waals surface area contributed by atoms with Gasteiger partial charge < -0.3 is 9.52 Å². The molecule has 0 amide bonds. The van der Waals surface area contributed by atoms with Crippen LogP contribution in [0.5, 0.6) is 0 Å². The number of hydrogen-bond donors (Lipinski definition) is 2. The number of benzene rings is 1. The van der Waals surface area contributed by atoms with Crippen LogP contribution in [0.25, 0.3) is 0 Å². The van der Waals surface area contributed by atoms with Crippen molar-refractivity contribution in [3.63, 3.8) is 0 Å². The average molecular weight is 382 g/mol. The second-order valence-corrected chi connectivity index (χ2v) is 6.52. The summed E-state index contributed by atoms with van der Waals surface area (Å²) < 4.78 is 57.4. The number of aliphatic hydroxyl groups excluding tert-OH is 1. The van der Waals surface area contributed by atoms with Crippen molar-refractivity contribution in [1.29, 1.82) is 0 Å². The van der Waals surface area contributed by atoms with E-state index in [4.69, 9.17) is 9.52 Å². The first kappa shape index (κ1) is 16.1.